The topological polar surface area (TPSA) is 94.1 Å². The molecule has 19 heavy (non-hydrogen) atoms. The number of H-pyrrole nitrogens is 1. The third-order valence-corrected chi connectivity index (χ3v) is 2.86. The number of nitrogens with zero attached hydrogens (tertiary/aromatic N) is 1. The standard InChI is InChI=1S/C13H11N3O3/c1-18-9-5-3-2-4-7(9)8-6-19-12-10(8)11(17)15-13(14)16-12/h2-6H,1H3,(H3,14,15,16,17). The van der Waals surface area contributed by atoms with Crippen LogP contribution in [-0.4, -0.2) is 17.1 Å². The Morgan fingerprint density at radius 3 is 2.89 bits per heavy atom. The summed E-state index contributed by atoms with van der Waals surface area (Å²) in [6.07, 6.45) is 1.48. The summed E-state index contributed by atoms with van der Waals surface area (Å²) in [7, 11) is 1.57. The van der Waals surface area contributed by atoms with E-state index in [0.29, 0.717) is 16.7 Å². The molecule has 6 heteroatoms. The molecule has 1 aromatic carbocycles. The monoisotopic (exact) mass is 257 g/mol. The first kappa shape index (κ1) is 11.3. The van der Waals surface area contributed by atoms with Crippen LogP contribution in [0.4, 0.5) is 5.95 Å². The fourth-order valence-corrected chi connectivity index (χ4v) is 2.03. The minimum absolute atomic E-state index is 0.0263. The van der Waals surface area contributed by atoms with Crippen molar-refractivity contribution in [2.45, 2.75) is 0 Å². The van der Waals surface area contributed by atoms with Crippen molar-refractivity contribution in [3.63, 3.8) is 0 Å². The Kier molecular flexibility index (Phi) is 2.49. The minimum atomic E-state index is -0.336. The number of nitrogens with one attached hydrogen (secondary N) is 1. The smallest absolute Gasteiger partial charge is 0.264 e. The Morgan fingerprint density at radius 2 is 2.11 bits per heavy atom. The van der Waals surface area contributed by atoms with Crippen LogP contribution in [-0.2, 0) is 0 Å². The number of nitrogen functional groups attached to an aromatic ring is 1. The maximum atomic E-state index is 12.0. The quantitative estimate of drug-likeness (QED) is 0.729. The lowest BCUT2D eigenvalue weighted by molar-refractivity contribution is 0.416. The Balaban J connectivity index is 2.35. The lowest BCUT2D eigenvalue weighted by Crippen LogP contribution is -2.10. The van der Waals surface area contributed by atoms with Crippen LogP contribution in [0.5, 0.6) is 5.75 Å². The second-order valence-corrected chi connectivity index (χ2v) is 3.98. The van der Waals surface area contributed by atoms with Gasteiger partial charge in [-0.05, 0) is 6.07 Å². The SMILES string of the molecule is COc1ccccc1-c1coc2nc(N)[nH]c(=O)c12. The number of furan rings is 1. The van der Waals surface area contributed by atoms with E-state index in [-0.39, 0.29) is 17.2 Å². The Labute approximate surface area is 107 Å². The van der Waals surface area contributed by atoms with Crippen LogP contribution < -0.4 is 16.0 Å². The number of para-hydroxylation sites is 1. The molecule has 3 rings (SSSR count). The molecule has 0 aliphatic rings. The molecule has 0 unspecified atom stereocenters. The van der Waals surface area contributed by atoms with E-state index in [0.717, 1.165) is 5.56 Å². The predicted octanol–water partition coefficient (Wildman–Crippen LogP) is 1.77. The van der Waals surface area contributed by atoms with Crippen molar-refractivity contribution in [2.24, 2.45) is 0 Å². The molecule has 0 aliphatic carbocycles. The van der Waals surface area contributed by atoms with Gasteiger partial charge in [0.05, 0.1) is 7.11 Å². The van der Waals surface area contributed by atoms with E-state index in [2.05, 4.69) is 9.97 Å². The number of ether oxygens (including phenoxy) is 1. The van der Waals surface area contributed by atoms with Crippen LogP contribution in [0.15, 0.2) is 39.7 Å². The highest BCUT2D eigenvalue weighted by Gasteiger charge is 2.16. The lowest BCUT2D eigenvalue weighted by atomic mass is 10.1. The summed E-state index contributed by atoms with van der Waals surface area (Å²) < 4.78 is 10.6. The van der Waals surface area contributed by atoms with E-state index in [1.807, 2.05) is 24.3 Å². The second kappa shape index (κ2) is 4.16. The number of aromatic amines is 1. The summed E-state index contributed by atoms with van der Waals surface area (Å²) in [6.45, 7) is 0. The highest BCUT2D eigenvalue weighted by molar-refractivity contribution is 5.93. The largest absolute Gasteiger partial charge is 0.496 e. The van der Waals surface area contributed by atoms with Crippen molar-refractivity contribution in [1.29, 1.82) is 0 Å². The number of anilines is 1. The van der Waals surface area contributed by atoms with Crippen LogP contribution in [0, 0.1) is 0 Å². The van der Waals surface area contributed by atoms with E-state index < -0.39 is 0 Å². The lowest BCUT2D eigenvalue weighted by Gasteiger charge is -2.05. The van der Waals surface area contributed by atoms with Gasteiger partial charge in [0.2, 0.25) is 11.7 Å². The van der Waals surface area contributed by atoms with Crippen LogP contribution in [0.25, 0.3) is 22.2 Å². The molecule has 0 saturated heterocycles. The Bertz CT molecular complexity index is 804. The van der Waals surface area contributed by atoms with Gasteiger partial charge in [-0.1, -0.05) is 18.2 Å². The maximum absolute atomic E-state index is 12.0. The molecule has 6 nitrogen and oxygen atoms in total. The average Bonchev–Trinajstić information content (AvgIpc) is 2.82. The fraction of sp³-hybridized carbons (Fsp3) is 0.0769. The highest BCUT2D eigenvalue weighted by atomic mass is 16.5. The Morgan fingerprint density at radius 1 is 1.32 bits per heavy atom. The molecule has 0 amide bonds. The summed E-state index contributed by atoms with van der Waals surface area (Å²) >= 11 is 0. The molecule has 3 aromatic rings. The first-order valence-electron chi connectivity index (χ1n) is 5.61. The summed E-state index contributed by atoms with van der Waals surface area (Å²) in [5.41, 5.74) is 6.74. The number of hydrogen-bond donors (Lipinski definition) is 2. The second-order valence-electron chi connectivity index (χ2n) is 3.98. The van der Waals surface area contributed by atoms with E-state index in [4.69, 9.17) is 14.9 Å². The molecule has 3 N–H and O–H groups in total. The van der Waals surface area contributed by atoms with Crippen LogP contribution in [0.2, 0.25) is 0 Å². The van der Waals surface area contributed by atoms with Gasteiger partial charge in [0.15, 0.2) is 0 Å². The van der Waals surface area contributed by atoms with Crippen molar-refractivity contribution >= 4 is 17.0 Å². The minimum Gasteiger partial charge on any atom is -0.496 e. The van der Waals surface area contributed by atoms with Gasteiger partial charge in [-0.25, -0.2) is 0 Å². The molecular weight excluding hydrogens is 246 g/mol. The van der Waals surface area contributed by atoms with Crippen molar-refractivity contribution in [3.8, 4) is 16.9 Å². The number of aromatic nitrogens is 2. The zero-order valence-corrected chi connectivity index (χ0v) is 10.1. The molecule has 2 aromatic heterocycles. The molecule has 0 saturated carbocycles. The number of benzene rings is 1. The van der Waals surface area contributed by atoms with Gasteiger partial charge >= 0.3 is 0 Å². The molecule has 96 valence electrons. The normalized spacial score (nSPS) is 10.8. The van der Waals surface area contributed by atoms with Gasteiger partial charge in [-0.3, -0.25) is 9.78 Å². The fourth-order valence-electron chi connectivity index (χ4n) is 2.03. The molecule has 2 heterocycles. The number of fused-ring (bicyclic) bond motifs is 1. The average molecular weight is 257 g/mol. The number of hydrogen-bond acceptors (Lipinski definition) is 5. The summed E-state index contributed by atoms with van der Waals surface area (Å²) in [5, 5.41) is 0.360. The predicted molar refractivity (Wildman–Crippen MR) is 71.0 cm³/mol. The first-order valence-corrected chi connectivity index (χ1v) is 5.61. The van der Waals surface area contributed by atoms with E-state index >= 15 is 0 Å². The van der Waals surface area contributed by atoms with Gasteiger partial charge in [0.25, 0.3) is 5.56 Å². The van der Waals surface area contributed by atoms with E-state index in [9.17, 15) is 4.79 Å². The van der Waals surface area contributed by atoms with Gasteiger partial charge in [0.1, 0.15) is 17.4 Å². The summed E-state index contributed by atoms with van der Waals surface area (Å²) in [5.74, 6) is 0.680. The van der Waals surface area contributed by atoms with Gasteiger partial charge in [-0.2, -0.15) is 4.98 Å². The van der Waals surface area contributed by atoms with Gasteiger partial charge < -0.3 is 14.9 Å². The molecule has 0 aliphatic heterocycles. The summed E-state index contributed by atoms with van der Waals surface area (Å²) in [6, 6.07) is 7.37. The van der Waals surface area contributed by atoms with Crippen molar-refractivity contribution in [2.75, 3.05) is 12.8 Å². The Hall–Kier alpha value is -2.76. The van der Waals surface area contributed by atoms with Crippen molar-refractivity contribution in [3.05, 3.63) is 40.9 Å². The molecule has 0 bridgehead atoms. The highest BCUT2D eigenvalue weighted by Crippen LogP contribution is 2.34. The van der Waals surface area contributed by atoms with Crippen LogP contribution in [0.3, 0.4) is 0 Å². The summed E-state index contributed by atoms with van der Waals surface area (Å²) in [4.78, 5) is 18.4. The van der Waals surface area contributed by atoms with E-state index in [1.54, 1.807) is 7.11 Å². The van der Waals surface area contributed by atoms with Gasteiger partial charge in [-0.15, -0.1) is 0 Å². The van der Waals surface area contributed by atoms with Crippen molar-refractivity contribution in [1.82, 2.24) is 9.97 Å². The molecule has 0 fully saturated rings. The zero-order valence-electron chi connectivity index (χ0n) is 10.1. The molecular formula is C13H11N3O3. The number of rotatable bonds is 2. The third-order valence-electron chi connectivity index (χ3n) is 2.86. The first-order chi connectivity index (χ1) is 9.20. The third kappa shape index (κ3) is 1.74. The number of nitrogens with two attached hydrogens (primary N) is 1. The molecule has 0 radical (unpaired) electrons. The van der Waals surface area contributed by atoms with Crippen LogP contribution in [0.1, 0.15) is 0 Å². The van der Waals surface area contributed by atoms with Crippen LogP contribution >= 0.6 is 0 Å². The molecule has 0 atom stereocenters. The maximum Gasteiger partial charge on any atom is 0.264 e. The van der Waals surface area contributed by atoms with E-state index in [1.165, 1.54) is 6.26 Å². The van der Waals surface area contributed by atoms with Crippen molar-refractivity contribution < 1.29 is 9.15 Å². The number of methoxy groups -OCH3 is 1. The van der Waals surface area contributed by atoms with Gasteiger partial charge in [0, 0.05) is 11.1 Å². The zero-order chi connectivity index (χ0) is 13.4. The molecule has 0 spiro atoms.